The number of hydrogen-bond donors (Lipinski definition) is 4. The number of methoxy groups -OCH3 is 1. The monoisotopic (exact) mass is 641 g/mol. The van der Waals surface area contributed by atoms with Crippen molar-refractivity contribution in [3.05, 3.63) is 108 Å². The Bertz CT molecular complexity index is 1600. The number of aliphatic hydroxyl groups is 1. The van der Waals surface area contributed by atoms with Crippen molar-refractivity contribution in [1.29, 1.82) is 0 Å². The summed E-state index contributed by atoms with van der Waals surface area (Å²) in [5.74, 6) is -0.849. The van der Waals surface area contributed by atoms with Crippen LogP contribution in [0, 0.1) is 12.3 Å². The number of nitrogens with one attached hydrogen (secondary N) is 3. The van der Waals surface area contributed by atoms with Gasteiger partial charge < -0.3 is 30.3 Å². The van der Waals surface area contributed by atoms with E-state index < -0.39 is 47.6 Å². The number of nitrogens with zero attached hydrogens (tertiary/aromatic N) is 2. The van der Waals surface area contributed by atoms with Crippen molar-refractivity contribution in [2.24, 2.45) is 5.41 Å². The lowest BCUT2D eigenvalue weighted by Gasteiger charge is -2.33. The Labute approximate surface area is 275 Å². The van der Waals surface area contributed by atoms with Crippen molar-refractivity contribution in [3.63, 3.8) is 0 Å². The van der Waals surface area contributed by atoms with Gasteiger partial charge in [-0.1, -0.05) is 86.6 Å². The summed E-state index contributed by atoms with van der Waals surface area (Å²) in [5, 5.41) is 24.2. The Morgan fingerprint density at radius 3 is 2.17 bits per heavy atom. The van der Waals surface area contributed by atoms with Gasteiger partial charge in [-0.15, -0.1) is 0 Å². The molecule has 0 fully saturated rings. The van der Waals surface area contributed by atoms with E-state index >= 15 is 0 Å². The number of rotatable bonds is 13. The fraction of sp³-hybridized carbons (Fsp3) is 0.361. The van der Waals surface area contributed by atoms with Crippen molar-refractivity contribution >= 4 is 17.9 Å². The van der Waals surface area contributed by atoms with Gasteiger partial charge in [0.25, 0.3) is 5.91 Å². The zero-order valence-corrected chi connectivity index (χ0v) is 27.4. The topological polar surface area (TPSA) is 156 Å². The minimum absolute atomic E-state index is 0.100. The number of carbonyl (C=O) groups excluding carboxylic acids is 3. The van der Waals surface area contributed by atoms with Gasteiger partial charge in [0, 0.05) is 17.8 Å². The van der Waals surface area contributed by atoms with Crippen LogP contribution in [-0.4, -0.2) is 64.5 Å². The third kappa shape index (κ3) is 9.98. The smallest absolute Gasteiger partial charge is 0.407 e. The third-order valence-electron chi connectivity index (χ3n) is 7.92. The van der Waals surface area contributed by atoms with Crippen LogP contribution in [0.25, 0.3) is 11.3 Å². The second kappa shape index (κ2) is 16.0. The molecule has 3 amide bonds. The van der Waals surface area contributed by atoms with Gasteiger partial charge in [-0.25, -0.2) is 4.79 Å². The van der Waals surface area contributed by atoms with Gasteiger partial charge in [0.05, 0.1) is 30.6 Å². The molecule has 248 valence electrons. The van der Waals surface area contributed by atoms with Crippen LogP contribution >= 0.6 is 0 Å². The number of hydrogen-bond acceptors (Lipinski definition) is 8. The van der Waals surface area contributed by atoms with Gasteiger partial charge in [-0.2, -0.15) is 0 Å². The molecule has 4 atom stereocenters. The van der Waals surface area contributed by atoms with Crippen LogP contribution in [0.15, 0.2) is 89.8 Å². The maximum atomic E-state index is 13.7. The van der Waals surface area contributed by atoms with Gasteiger partial charge in [0.2, 0.25) is 5.91 Å². The van der Waals surface area contributed by atoms with Gasteiger partial charge in [0.15, 0.2) is 0 Å². The average molecular weight is 642 g/mol. The maximum absolute atomic E-state index is 13.7. The summed E-state index contributed by atoms with van der Waals surface area (Å²) in [4.78, 5) is 43.5. The molecular formula is C36H43N5O6. The summed E-state index contributed by atoms with van der Waals surface area (Å²) < 4.78 is 9.74. The zero-order valence-electron chi connectivity index (χ0n) is 27.4. The Morgan fingerprint density at radius 1 is 0.894 bits per heavy atom. The molecule has 11 heteroatoms. The lowest BCUT2D eigenvalue weighted by molar-refractivity contribution is -0.126. The van der Waals surface area contributed by atoms with Crippen molar-refractivity contribution < 1.29 is 28.8 Å². The zero-order chi connectivity index (χ0) is 34.0. The molecule has 2 aromatic heterocycles. The summed E-state index contributed by atoms with van der Waals surface area (Å²) in [5.41, 5.74) is 3.67. The van der Waals surface area contributed by atoms with Crippen LogP contribution in [0.2, 0.25) is 0 Å². The largest absolute Gasteiger partial charge is 0.453 e. The molecule has 0 saturated carbocycles. The average Bonchev–Trinajstić information content (AvgIpc) is 3.49. The molecule has 0 aliphatic rings. The Balaban J connectivity index is 1.60. The first kappa shape index (κ1) is 34.8. The van der Waals surface area contributed by atoms with Crippen LogP contribution in [0.3, 0.4) is 0 Å². The Hall–Kier alpha value is -5.03. The van der Waals surface area contributed by atoms with E-state index in [1.807, 2.05) is 93.6 Å². The van der Waals surface area contributed by atoms with E-state index in [9.17, 15) is 19.5 Å². The quantitative estimate of drug-likeness (QED) is 0.165. The molecule has 0 unspecified atom stereocenters. The Kier molecular flexibility index (Phi) is 11.9. The molecule has 0 aliphatic heterocycles. The van der Waals surface area contributed by atoms with Crippen LogP contribution in [0.4, 0.5) is 4.79 Å². The minimum atomic E-state index is -1.07. The summed E-state index contributed by atoms with van der Waals surface area (Å²) in [6.45, 7) is 7.18. The number of benzene rings is 2. The van der Waals surface area contributed by atoms with Crippen molar-refractivity contribution in [1.82, 2.24) is 26.1 Å². The van der Waals surface area contributed by atoms with E-state index in [0.29, 0.717) is 18.5 Å². The molecular weight excluding hydrogens is 598 g/mol. The van der Waals surface area contributed by atoms with Gasteiger partial charge in [-0.3, -0.25) is 14.6 Å². The molecule has 0 aliphatic carbocycles. The highest BCUT2D eigenvalue weighted by atomic mass is 16.5. The normalized spacial score (nSPS) is 13.9. The van der Waals surface area contributed by atoms with E-state index in [1.54, 1.807) is 13.1 Å². The lowest BCUT2D eigenvalue weighted by Crippen LogP contribution is -2.56. The highest BCUT2D eigenvalue weighted by Gasteiger charge is 2.35. The van der Waals surface area contributed by atoms with E-state index in [2.05, 4.69) is 26.1 Å². The lowest BCUT2D eigenvalue weighted by atomic mass is 9.85. The number of aliphatic hydroxyl groups excluding tert-OH is 1. The van der Waals surface area contributed by atoms with E-state index in [4.69, 9.17) is 9.26 Å². The fourth-order valence-electron chi connectivity index (χ4n) is 5.32. The van der Waals surface area contributed by atoms with E-state index in [0.717, 1.165) is 22.4 Å². The number of aromatic nitrogens is 2. The maximum Gasteiger partial charge on any atom is 0.407 e. The predicted octanol–water partition coefficient (Wildman–Crippen LogP) is 4.64. The fourth-order valence-corrected chi connectivity index (χ4v) is 5.32. The molecule has 4 rings (SSSR count). The molecule has 11 nitrogen and oxygen atoms in total. The molecule has 0 radical (unpaired) electrons. The van der Waals surface area contributed by atoms with Crippen LogP contribution in [0.5, 0.6) is 0 Å². The first-order chi connectivity index (χ1) is 22.4. The molecule has 0 spiro atoms. The van der Waals surface area contributed by atoms with Crippen LogP contribution in [-0.2, 0) is 22.4 Å². The summed E-state index contributed by atoms with van der Waals surface area (Å²) in [7, 11) is 1.24. The van der Waals surface area contributed by atoms with Crippen molar-refractivity contribution in [3.8, 4) is 11.3 Å². The highest BCUT2D eigenvalue weighted by Crippen LogP contribution is 2.22. The third-order valence-corrected chi connectivity index (χ3v) is 7.92. The number of alkyl carbamates (subject to hydrolysis) is 1. The SMILES string of the molecule is COC(=O)N[C@H](C(=O)N[C@@H](Cc1ccc(-c2ccccn2)cc1)C[C@H](O)[C@H](Cc1ccccc1)NC(=O)c1conc1C)C(C)(C)C. The molecule has 4 N–H and O–H groups in total. The van der Waals surface area contributed by atoms with Crippen LogP contribution < -0.4 is 16.0 Å². The van der Waals surface area contributed by atoms with E-state index in [1.165, 1.54) is 13.4 Å². The second-order valence-electron chi connectivity index (χ2n) is 12.6. The van der Waals surface area contributed by atoms with E-state index in [-0.39, 0.29) is 12.0 Å². The molecule has 4 aromatic rings. The summed E-state index contributed by atoms with van der Waals surface area (Å²) in [6, 6.07) is 20.9. The number of pyridine rings is 1. The second-order valence-corrected chi connectivity index (χ2v) is 12.6. The van der Waals surface area contributed by atoms with Gasteiger partial charge in [-0.05, 0) is 54.9 Å². The number of amides is 3. The predicted molar refractivity (Wildman–Crippen MR) is 177 cm³/mol. The Morgan fingerprint density at radius 2 is 1.57 bits per heavy atom. The number of aryl methyl sites for hydroxylation is 1. The van der Waals surface area contributed by atoms with Crippen LogP contribution in [0.1, 0.15) is 54.4 Å². The molecule has 0 saturated heterocycles. The van der Waals surface area contributed by atoms with Gasteiger partial charge in [0.1, 0.15) is 17.9 Å². The molecule has 47 heavy (non-hydrogen) atoms. The molecule has 2 heterocycles. The number of ether oxygens (including phenoxy) is 1. The first-order valence-electron chi connectivity index (χ1n) is 15.5. The number of carbonyl (C=O) groups is 3. The first-order valence-corrected chi connectivity index (χ1v) is 15.5. The standard InChI is InChI=1S/C36H43N5O6/c1-23-28(22-47-41-23)33(43)39-30(20-24-11-7-6-8-12-24)31(42)21-27(38-34(44)32(36(2,3)4)40-35(45)46-5)19-25-14-16-26(17-15-25)29-13-9-10-18-37-29/h6-18,22,27,30-32,42H,19-21H2,1-5H3,(H,38,44)(H,39,43)(H,40,45)/t27-,30-,31-,32+/m0/s1. The van der Waals surface area contributed by atoms with Crippen molar-refractivity contribution in [2.75, 3.05) is 7.11 Å². The summed E-state index contributed by atoms with van der Waals surface area (Å²) in [6.07, 6.45) is 2.02. The minimum Gasteiger partial charge on any atom is -0.453 e. The van der Waals surface area contributed by atoms with Crippen molar-refractivity contribution in [2.45, 2.75) is 71.2 Å². The van der Waals surface area contributed by atoms with Gasteiger partial charge >= 0.3 is 6.09 Å². The highest BCUT2D eigenvalue weighted by molar-refractivity contribution is 5.95. The molecule has 0 bridgehead atoms. The molecule has 2 aromatic carbocycles. The summed E-state index contributed by atoms with van der Waals surface area (Å²) >= 11 is 0.